The topological polar surface area (TPSA) is 55.4 Å². The van der Waals surface area contributed by atoms with E-state index >= 15 is 0 Å². The van der Waals surface area contributed by atoms with E-state index in [4.69, 9.17) is 28.4 Å². The van der Waals surface area contributed by atoms with Gasteiger partial charge in [0, 0.05) is 27.8 Å². The summed E-state index contributed by atoms with van der Waals surface area (Å²) in [6.45, 7) is -0.270. The molecule has 0 amide bonds. The van der Waals surface area contributed by atoms with Gasteiger partial charge in [-0.2, -0.15) is 0 Å². The van der Waals surface area contributed by atoms with Crippen LogP contribution in [0.1, 0.15) is 0 Å². The van der Waals surface area contributed by atoms with Crippen molar-refractivity contribution in [3.8, 4) is 69.0 Å². The fourth-order valence-electron chi connectivity index (χ4n) is 9.26. The third-order valence-electron chi connectivity index (χ3n) is 11.8. The molecule has 13 rings (SSSR count). The molecule has 0 radical (unpaired) electrons. The van der Waals surface area contributed by atoms with Gasteiger partial charge in [0.2, 0.25) is 0 Å². The fourth-order valence-corrected chi connectivity index (χ4v) is 9.26. The van der Waals surface area contributed by atoms with E-state index in [0.717, 1.165) is 123 Å². The highest BCUT2D eigenvalue weighted by atomic mass is 16.5. The van der Waals surface area contributed by atoms with Gasteiger partial charge < -0.3 is 28.4 Å². The van der Waals surface area contributed by atoms with Gasteiger partial charge in [0.25, 0.3) is 13.4 Å². The van der Waals surface area contributed by atoms with Crippen LogP contribution in [0, 0.1) is 0 Å². The quantitative estimate of drug-likeness (QED) is 0.168. The molecule has 0 atom stereocenters. The van der Waals surface area contributed by atoms with Gasteiger partial charge in [-0.05, 0) is 118 Å². The van der Waals surface area contributed by atoms with Gasteiger partial charge >= 0.3 is 0 Å². The maximum Gasteiger partial charge on any atom is 0.260 e. The van der Waals surface area contributed by atoms with Crippen molar-refractivity contribution >= 4 is 67.7 Å². The normalized spacial score (nSPS) is 13.3. The molecule has 6 nitrogen and oxygen atoms in total. The van der Waals surface area contributed by atoms with E-state index in [0.29, 0.717) is 0 Å². The van der Waals surface area contributed by atoms with Crippen molar-refractivity contribution in [2.24, 2.45) is 0 Å². The average molecular weight is 746 g/mol. The van der Waals surface area contributed by atoms with Crippen LogP contribution in [0.4, 0.5) is 0 Å². The third-order valence-corrected chi connectivity index (χ3v) is 11.8. The highest BCUT2D eigenvalue weighted by molar-refractivity contribution is 7.01. The van der Waals surface area contributed by atoms with Gasteiger partial charge in [0.15, 0.2) is 0 Å². The summed E-state index contributed by atoms with van der Waals surface area (Å²) in [5.74, 6) is 9.27. The van der Waals surface area contributed by atoms with Crippen molar-refractivity contribution in [2.75, 3.05) is 0 Å². The minimum absolute atomic E-state index is 0.135. The minimum Gasteiger partial charge on any atom is -0.458 e. The molecule has 0 aromatic heterocycles. The SMILES string of the molecule is c1ccc(Oc2ccc3c4c5c(cc3c2)Oc2ccccc2B5c2cc3c(cc2O4)Oc2c4c(cc5cc(Oc6ccccc6)ccc25)Oc2ccccc2B34)cc1. The van der Waals surface area contributed by atoms with Crippen molar-refractivity contribution in [2.45, 2.75) is 0 Å². The number of benzene rings is 9. The van der Waals surface area contributed by atoms with Gasteiger partial charge in [-0.15, -0.1) is 0 Å². The molecular weight excluding hydrogens is 718 g/mol. The lowest BCUT2D eigenvalue weighted by atomic mass is 9.31. The number of rotatable bonds is 4. The van der Waals surface area contributed by atoms with Gasteiger partial charge in [0.05, 0.1) is 0 Å². The number of hydrogen-bond donors (Lipinski definition) is 0. The molecule has 0 aliphatic carbocycles. The second-order valence-electron chi connectivity index (χ2n) is 15.1. The molecule has 0 unspecified atom stereocenters. The Kier molecular flexibility index (Phi) is 6.52. The van der Waals surface area contributed by atoms with Crippen LogP contribution in [0.5, 0.6) is 69.0 Å². The standard InChI is InChI=1S/C50H28B2O6/c1-3-11-31(12-4-1)53-33-19-21-35-29(23-33)25-45-47-49(35)57-43-28-44-40(27-39(43)51(47)37-15-7-9-17-41(37)55-45)52-38-16-8-10-18-42(38)56-46-26-30-24-34(54-32-13-5-2-6-14-32)20-22-36(30)50(58-44)48(46)52/h1-28H. The first kappa shape index (κ1) is 31.6. The van der Waals surface area contributed by atoms with E-state index in [1.165, 1.54) is 0 Å². The van der Waals surface area contributed by atoms with E-state index in [9.17, 15) is 0 Å². The summed E-state index contributed by atoms with van der Waals surface area (Å²) in [6.07, 6.45) is 0. The van der Waals surface area contributed by atoms with E-state index in [1.54, 1.807) is 0 Å². The number of hydrogen-bond acceptors (Lipinski definition) is 6. The largest absolute Gasteiger partial charge is 0.458 e. The van der Waals surface area contributed by atoms with Crippen molar-refractivity contribution in [3.05, 3.63) is 170 Å². The lowest BCUT2D eigenvalue weighted by molar-refractivity contribution is 0.456. The van der Waals surface area contributed by atoms with E-state index in [-0.39, 0.29) is 13.4 Å². The molecule has 0 spiro atoms. The van der Waals surface area contributed by atoms with Crippen LogP contribution >= 0.6 is 0 Å². The Morgan fingerprint density at radius 3 is 1.24 bits per heavy atom. The highest BCUT2D eigenvalue weighted by Crippen LogP contribution is 2.45. The Balaban J connectivity index is 0.992. The van der Waals surface area contributed by atoms with Crippen LogP contribution in [0.3, 0.4) is 0 Å². The molecule has 58 heavy (non-hydrogen) atoms. The monoisotopic (exact) mass is 746 g/mol. The van der Waals surface area contributed by atoms with Gasteiger partial charge in [0.1, 0.15) is 69.0 Å². The summed E-state index contributed by atoms with van der Waals surface area (Å²) in [7, 11) is 0. The first-order valence-electron chi connectivity index (χ1n) is 19.4. The zero-order valence-corrected chi connectivity index (χ0v) is 30.8. The second kappa shape index (κ2) is 12.0. The summed E-state index contributed by atoms with van der Waals surface area (Å²) in [6, 6.07) is 57.1. The van der Waals surface area contributed by atoms with E-state index in [2.05, 4.69) is 60.7 Å². The summed E-state index contributed by atoms with van der Waals surface area (Å²) >= 11 is 0. The molecule has 8 heteroatoms. The van der Waals surface area contributed by atoms with Crippen molar-refractivity contribution in [3.63, 3.8) is 0 Å². The number of ether oxygens (including phenoxy) is 6. The first-order chi connectivity index (χ1) is 28.7. The second-order valence-corrected chi connectivity index (χ2v) is 15.1. The van der Waals surface area contributed by atoms with Crippen LogP contribution in [0.25, 0.3) is 21.5 Å². The van der Waals surface area contributed by atoms with Crippen LogP contribution < -0.4 is 61.2 Å². The predicted molar refractivity (Wildman–Crippen MR) is 230 cm³/mol. The summed E-state index contributed by atoms with van der Waals surface area (Å²) in [5.41, 5.74) is 6.34. The number of para-hydroxylation sites is 4. The minimum atomic E-state index is -0.135. The van der Waals surface area contributed by atoms with Crippen molar-refractivity contribution < 1.29 is 28.4 Å². The summed E-state index contributed by atoms with van der Waals surface area (Å²) in [4.78, 5) is 0. The molecule has 4 heterocycles. The van der Waals surface area contributed by atoms with Crippen LogP contribution in [0.2, 0.25) is 0 Å². The molecular formula is C50H28B2O6. The predicted octanol–water partition coefficient (Wildman–Crippen LogP) is 9.03. The highest BCUT2D eigenvalue weighted by Gasteiger charge is 2.46. The Morgan fingerprint density at radius 1 is 0.310 bits per heavy atom. The van der Waals surface area contributed by atoms with E-state index < -0.39 is 0 Å². The smallest absolute Gasteiger partial charge is 0.260 e. The maximum atomic E-state index is 7.06. The molecule has 0 saturated carbocycles. The Bertz CT molecular complexity index is 2990. The molecule has 270 valence electrons. The zero-order valence-electron chi connectivity index (χ0n) is 30.8. The van der Waals surface area contributed by atoms with Crippen molar-refractivity contribution in [1.82, 2.24) is 0 Å². The van der Waals surface area contributed by atoms with Crippen LogP contribution in [0.15, 0.2) is 170 Å². The van der Waals surface area contributed by atoms with Gasteiger partial charge in [-0.1, -0.05) is 78.9 Å². The maximum absolute atomic E-state index is 7.06. The van der Waals surface area contributed by atoms with E-state index in [1.807, 2.05) is 109 Å². The van der Waals surface area contributed by atoms with Gasteiger partial charge in [-0.3, -0.25) is 0 Å². The molecule has 9 aromatic carbocycles. The summed E-state index contributed by atoms with van der Waals surface area (Å²) in [5, 5.41) is 3.87. The van der Waals surface area contributed by atoms with Crippen LogP contribution in [-0.4, -0.2) is 13.4 Å². The van der Waals surface area contributed by atoms with Crippen LogP contribution in [-0.2, 0) is 0 Å². The first-order valence-corrected chi connectivity index (χ1v) is 19.4. The Hall–Kier alpha value is -7.57. The Labute approximate surface area is 333 Å². The third kappa shape index (κ3) is 4.69. The lowest BCUT2D eigenvalue weighted by Gasteiger charge is -2.37. The molecule has 0 fully saturated rings. The molecule has 4 aliphatic rings. The van der Waals surface area contributed by atoms with Gasteiger partial charge in [-0.25, -0.2) is 0 Å². The molecule has 0 N–H and O–H groups in total. The average Bonchev–Trinajstić information content (AvgIpc) is 3.26. The molecule has 9 aromatic rings. The fraction of sp³-hybridized carbons (Fsp3) is 0. The lowest BCUT2D eigenvalue weighted by Crippen LogP contribution is -2.61. The molecule has 0 saturated heterocycles. The molecule has 0 bridgehead atoms. The van der Waals surface area contributed by atoms with Crippen molar-refractivity contribution in [1.29, 1.82) is 0 Å². The molecule has 4 aliphatic heterocycles. The Morgan fingerprint density at radius 2 is 0.759 bits per heavy atom. The zero-order chi connectivity index (χ0) is 37.9. The number of fused-ring (bicyclic) bond motifs is 12. The summed E-state index contributed by atoms with van der Waals surface area (Å²) < 4.78 is 40.0.